The Hall–Kier alpha value is -1.42. The summed E-state index contributed by atoms with van der Waals surface area (Å²) in [6.45, 7) is 8.53. The van der Waals surface area contributed by atoms with Crippen LogP contribution >= 0.6 is 0 Å². The van der Waals surface area contributed by atoms with Crippen LogP contribution < -0.4 is 5.32 Å². The molecule has 0 bridgehead atoms. The number of hydrogen-bond acceptors (Lipinski definition) is 3. The summed E-state index contributed by atoms with van der Waals surface area (Å²) in [5.41, 5.74) is 0.679. The van der Waals surface area contributed by atoms with Crippen LogP contribution in [0, 0.1) is 0 Å². The average Bonchev–Trinajstić information content (AvgIpc) is 2.47. The van der Waals surface area contributed by atoms with Gasteiger partial charge in [0.05, 0.1) is 0 Å². The SMILES string of the molecule is CCN(CC)CCCCCNC(=O)c1ccncc1. The average molecular weight is 263 g/mol. The largest absolute Gasteiger partial charge is 0.352 e. The van der Waals surface area contributed by atoms with Crippen molar-refractivity contribution in [3.05, 3.63) is 30.1 Å². The summed E-state index contributed by atoms with van der Waals surface area (Å²) in [4.78, 5) is 18.1. The minimum atomic E-state index is -0.00820. The third-order valence-electron chi connectivity index (χ3n) is 3.27. The van der Waals surface area contributed by atoms with Crippen molar-refractivity contribution in [1.82, 2.24) is 15.2 Å². The first kappa shape index (κ1) is 15.6. The van der Waals surface area contributed by atoms with Crippen molar-refractivity contribution in [3.63, 3.8) is 0 Å². The van der Waals surface area contributed by atoms with Crippen molar-refractivity contribution >= 4 is 5.91 Å². The lowest BCUT2D eigenvalue weighted by Gasteiger charge is -2.17. The van der Waals surface area contributed by atoms with Gasteiger partial charge in [-0.15, -0.1) is 0 Å². The highest BCUT2D eigenvalue weighted by Crippen LogP contribution is 1.99. The topological polar surface area (TPSA) is 45.2 Å². The molecule has 0 aliphatic rings. The predicted molar refractivity (Wildman–Crippen MR) is 78.2 cm³/mol. The first-order valence-corrected chi connectivity index (χ1v) is 7.18. The van der Waals surface area contributed by atoms with E-state index in [2.05, 4.69) is 29.0 Å². The van der Waals surface area contributed by atoms with E-state index in [0.29, 0.717) is 5.56 Å². The van der Waals surface area contributed by atoms with Gasteiger partial charge in [-0.1, -0.05) is 20.3 Å². The number of unbranched alkanes of at least 4 members (excludes halogenated alkanes) is 2. The zero-order valence-electron chi connectivity index (χ0n) is 12.1. The lowest BCUT2D eigenvalue weighted by atomic mass is 10.2. The molecule has 0 saturated carbocycles. The third kappa shape index (κ3) is 6.34. The molecule has 0 fully saturated rings. The molecule has 0 aliphatic carbocycles. The van der Waals surface area contributed by atoms with Gasteiger partial charge in [-0.05, 0) is 44.6 Å². The normalized spacial score (nSPS) is 10.7. The molecule has 0 unspecified atom stereocenters. The number of nitrogens with zero attached hydrogens (tertiary/aromatic N) is 2. The molecule has 0 atom stereocenters. The van der Waals surface area contributed by atoms with Crippen LogP contribution in [-0.2, 0) is 0 Å². The van der Waals surface area contributed by atoms with E-state index in [1.165, 1.54) is 6.42 Å². The van der Waals surface area contributed by atoms with E-state index in [1.807, 2.05) is 0 Å². The fourth-order valence-electron chi connectivity index (χ4n) is 1.98. The molecule has 19 heavy (non-hydrogen) atoms. The molecule has 1 aromatic rings. The first-order chi connectivity index (χ1) is 9.27. The Balaban J connectivity index is 2.07. The fourth-order valence-corrected chi connectivity index (χ4v) is 1.98. The maximum atomic E-state index is 11.7. The lowest BCUT2D eigenvalue weighted by molar-refractivity contribution is 0.0952. The van der Waals surface area contributed by atoms with Gasteiger partial charge in [0.1, 0.15) is 0 Å². The quantitative estimate of drug-likeness (QED) is 0.695. The monoisotopic (exact) mass is 263 g/mol. The Bertz CT molecular complexity index is 350. The van der Waals surface area contributed by atoms with Crippen LogP contribution in [0.15, 0.2) is 24.5 Å². The highest BCUT2D eigenvalue weighted by Gasteiger charge is 2.03. The minimum absolute atomic E-state index is 0.00820. The van der Waals surface area contributed by atoms with Crippen molar-refractivity contribution in [2.24, 2.45) is 0 Å². The number of carbonyl (C=O) groups excluding carboxylic acids is 1. The van der Waals surface area contributed by atoms with E-state index < -0.39 is 0 Å². The Morgan fingerprint density at radius 2 is 1.84 bits per heavy atom. The van der Waals surface area contributed by atoms with Gasteiger partial charge in [0, 0.05) is 24.5 Å². The van der Waals surface area contributed by atoms with Gasteiger partial charge >= 0.3 is 0 Å². The van der Waals surface area contributed by atoms with E-state index in [0.717, 1.165) is 39.0 Å². The van der Waals surface area contributed by atoms with Crippen molar-refractivity contribution in [3.8, 4) is 0 Å². The van der Waals surface area contributed by atoms with Crippen LogP contribution in [0.1, 0.15) is 43.5 Å². The van der Waals surface area contributed by atoms with Crippen molar-refractivity contribution < 1.29 is 4.79 Å². The molecule has 1 rings (SSSR count). The molecule has 0 aromatic carbocycles. The van der Waals surface area contributed by atoms with Gasteiger partial charge in [0.2, 0.25) is 0 Å². The fraction of sp³-hybridized carbons (Fsp3) is 0.600. The van der Waals surface area contributed by atoms with Crippen LogP contribution in [0.25, 0.3) is 0 Å². The minimum Gasteiger partial charge on any atom is -0.352 e. The maximum Gasteiger partial charge on any atom is 0.251 e. The van der Waals surface area contributed by atoms with E-state index in [9.17, 15) is 4.79 Å². The number of nitrogens with one attached hydrogen (secondary N) is 1. The van der Waals surface area contributed by atoms with Gasteiger partial charge in [-0.3, -0.25) is 9.78 Å². The number of pyridine rings is 1. The Labute approximate surface area is 116 Å². The second-order valence-corrected chi connectivity index (χ2v) is 4.58. The summed E-state index contributed by atoms with van der Waals surface area (Å²) in [6.07, 6.45) is 6.68. The van der Waals surface area contributed by atoms with E-state index in [1.54, 1.807) is 24.5 Å². The highest BCUT2D eigenvalue weighted by atomic mass is 16.1. The van der Waals surface area contributed by atoms with Crippen LogP contribution in [0.5, 0.6) is 0 Å². The molecule has 1 amide bonds. The van der Waals surface area contributed by atoms with Gasteiger partial charge in [0.15, 0.2) is 0 Å². The molecule has 106 valence electrons. The zero-order chi connectivity index (χ0) is 13.9. The Kier molecular flexibility index (Phi) is 7.82. The van der Waals surface area contributed by atoms with E-state index in [4.69, 9.17) is 0 Å². The third-order valence-corrected chi connectivity index (χ3v) is 3.27. The second kappa shape index (κ2) is 9.50. The van der Waals surface area contributed by atoms with Crippen LogP contribution in [-0.4, -0.2) is 42.0 Å². The summed E-state index contributed by atoms with van der Waals surface area (Å²) in [5, 5.41) is 2.93. The summed E-state index contributed by atoms with van der Waals surface area (Å²) in [7, 11) is 0. The van der Waals surface area contributed by atoms with Gasteiger partial charge < -0.3 is 10.2 Å². The van der Waals surface area contributed by atoms with Crippen molar-refractivity contribution in [1.29, 1.82) is 0 Å². The molecule has 0 radical (unpaired) electrons. The number of rotatable bonds is 9. The molecule has 4 nitrogen and oxygen atoms in total. The van der Waals surface area contributed by atoms with Gasteiger partial charge in [0.25, 0.3) is 5.91 Å². The number of aromatic nitrogens is 1. The molecule has 0 aliphatic heterocycles. The standard InChI is InChI=1S/C15H25N3O/c1-3-18(4-2)13-7-5-6-10-17-15(19)14-8-11-16-12-9-14/h8-9,11-12H,3-7,10,13H2,1-2H3,(H,17,19). The maximum absolute atomic E-state index is 11.7. The van der Waals surface area contributed by atoms with Gasteiger partial charge in [-0.25, -0.2) is 0 Å². The summed E-state index contributed by atoms with van der Waals surface area (Å²) >= 11 is 0. The lowest BCUT2D eigenvalue weighted by Crippen LogP contribution is -2.25. The molecule has 0 saturated heterocycles. The Morgan fingerprint density at radius 3 is 2.47 bits per heavy atom. The second-order valence-electron chi connectivity index (χ2n) is 4.58. The van der Waals surface area contributed by atoms with Crippen LogP contribution in [0.3, 0.4) is 0 Å². The molecule has 4 heteroatoms. The molecular weight excluding hydrogens is 238 g/mol. The molecule has 1 heterocycles. The number of carbonyl (C=O) groups is 1. The van der Waals surface area contributed by atoms with E-state index in [-0.39, 0.29) is 5.91 Å². The predicted octanol–water partition coefficient (Wildman–Crippen LogP) is 2.32. The van der Waals surface area contributed by atoms with Crippen LogP contribution in [0.4, 0.5) is 0 Å². The molecule has 0 spiro atoms. The smallest absolute Gasteiger partial charge is 0.251 e. The molecular formula is C15H25N3O. The first-order valence-electron chi connectivity index (χ1n) is 7.18. The van der Waals surface area contributed by atoms with Crippen molar-refractivity contribution in [2.45, 2.75) is 33.1 Å². The van der Waals surface area contributed by atoms with Gasteiger partial charge in [-0.2, -0.15) is 0 Å². The summed E-state index contributed by atoms with van der Waals surface area (Å²) in [6, 6.07) is 3.46. The Morgan fingerprint density at radius 1 is 1.16 bits per heavy atom. The summed E-state index contributed by atoms with van der Waals surface area (Å²) < 4.78 is 0. The number of amides is 1. The molecule has 1 aromatic heterocycles. The van der Waals surface area contributed by atoms with Crippen molar-refractivity contribution in [2.75, 3.05) is 26.2 Å². The number of hydrogen-bond donors (Lipinski definition) is 1. The molecule has 1 N–H and O–H groups in total. The van der Waals surface area contributed by atoms with E-state index >= 15 is 0 Å². The zero-order valence-corrected chi connectivity index (χ0v) is 12.1. The summed E-state index contributed by atoms with van der Waals surface area (Å²) in [5.74, 6) is -0.00820. The van der Waals surface area contributed by atoms with Crippen LogP contribution in [0.2, 0.25) is 0 Å². The highest BCUT2D eigenvalue weighted by molar-refractivity contribution is 5.93.